The molecule has 132 valence electrons. The molecule has 1 aliphatic heterocycles. The van der Waals surface area contributed by atoms with Gasteiger partial charge in [-0.2, -0.15) is 0 Å². The lowest BCUT2D eigenvalue weighted by atomic mass is 10.0. The van der Waals surface area contributed by atoms with Crippen molar-refractivity contribution in [3.8, 4) is 0 Å². The molecule has 1 aromatic heterocycles. The number of aryl methyl sites for hydroxylation is 1. The number of amides is 1. The molecule has 1 saturated heterocycles. The molecule has 0 saturated carbocycles. The summed E-state index contributed by atoms with van der Waals surface area (Å²) in [7, 11) is 0. The molecule has 24 heavy (non-hydrogen) atoms. The highest BCUT2D eigenvalue weighted by Crippen LogP contribution is 2.39. The number of esters is 1. The van der Waals surface area contributed by atoms with Gasteiger partial charge < -0.3 is 15.0 Å². The summed E-state index contributed by atoms with van der Waals surface area (Å²) in [5.41, 5.74) is 1.69. The number of rotatable bonds is 5. The summed E-state index contributed by atoms with van der Waals surface area (Å²) in [6.45, 7) is 5.91. The number of ether oxygens (including phenoxy) is 1. The summed E-state index contributed by atoms with van der Waals surface area (Å²) < 4.78 is 5.21. The molecule has 0 bridgehead atoms. The standard InChI is InChI=1S/C18H26N2O3S/c1-3-23-18(22)16-13-8-6-9-14(13)24-17(16)19-15(21)11-20-10-5-4-7-12(20)2/h12H,3-11H2,1-2H3,(H,19,21)/p+1/t12-/m0/s1. The fraction of sp³-hybridized carbons (Fsp3) is 0.667. The average Bonchev–Trinajstić information content (AvgIpc) is 3.10. The highest BCUT2D eigenvalue weighted by Gasteiger charge is 2.30. The topological polar surface area (TPSA) is 59.8 Å². The molecule has 5 nitrogen and oxygen atoms in total. The fourth-order valence-electron chi connectivity index (χ4n) is 3.80. The number of hydrogen-bond donors (Lipinski definition) is 2. The normalized spacial score (nSPS) is 22.9. The number of nitrogens with one attached hydrogen (secondary N) is 2. The van der Waals surface area contributed by atoms with Gasteiger partial charge >= 0.3 is 5.97 Å². The number of likely N-dealkylation sites (tertiary alicyclic amines) is 1. The van der Waals surface area contributed by atoms with Crippen molar-refractivity contribution in [2.75, 3.05) is 25.0 Å². The van der Waals surface area contributed by atoms with Gasteiger partial charge in [-0.25, -0.2) is 4.79 Å². The van der Waals surface area contributed by atoms with Crippen molar-refractivity contribution >= 4 is 28.2 Å². The number of thiophene rings is 1. The third kappa shape index (κ3) is 3.64. The van der Waals surface area contributed by atoms with Gasteiger partial charge in [0.25, 0.3) is 5.91 Å². The Labute approximate surface area is 147 Å². The van der Waals surface area contributed by atoms with E-state index in [1.54, 1.807) is 11.3 Å². The summed E-state index contributed by atoms with van der Waals surface area (Å²) in [5.74, 6) is -0.296. The van der Waals surface area contributed by atoms with Crippen LogP contribution in [0.5, 0.6) is 0 Å². The minimum Gasteiger partial charge on any atom is -0.462 e. The van der Waals surface area contributed by atoms with Crippen LogP contribution in [0.3, 0.4) is 0 Å². The lowest BCUT2D eigenvalue weighted by Crippen LogP contribution is -3.17. The molecule has 1 aliphatic carbocycles. The molecule has 0 radical (unpaired) electrons. The van der Waals surface area contributed by atoms with Gasteiger partial charge in [0.1, 0.15) is 5.00 Å². The lowest BCUT2D eigenvalue weighted by molar-refractivity contribution is -0.920. The third-order valence-electron chi connectivity index (χ3n) is 5.12. The molecular weight excluding hydrogens is 324 g/mol. The lowest BCUT2D eigenvalue weighted by Gasteiger charge is -2.29. The highest BCUT2D eigenvalue weighted by atomic mass is 32.1. The summed E-state index contributed by atoms with van der Waals surface area (Å²) in [6.07, 6.45) is 6.62. The highest BCUT2D eigenvalue weighted by molar-refractivity contribution is 7.17. The van der Waals surface area contributed by atoms with E-state index >= 15 is 0 Å². The van der Waals surface area contributed by atoms with E-state index < -0.39 is 0 Å². The first-order valence-corrected chi connectivity index (χ1v) is 9.87. The van der Waals surface area contributed by atoms with E-state index in [9.17, 15) is 9.59 Å². The Morgan fingerprint density at radius 1 is 1.29 bits per heavy atom. The van der Waals surface area contributed by atoms with Gasteiger partial charge in [0.15, 0.2) is 6.54 Å². The van der Waals surface area contributed by atoms with E-state index in [1.807, 2.05) is 6.92 Å². The molecule has 0 aromatic carbocycles. The molecule has 3 rings (SSSR count). The van der Waals surface area contributed by atoms with Crippen LogP contribution in [0.25, 0.3) is 0 Å². The van der Waals surface area contributed by atoms with Crippen molar-refractivity contribution in [2.45, 2.75) is 58.4 Å². The number of fused-ring (bicyclic) bond motifs is 1. The molecule has 0 spiro atoms. The average molecular weight is 351 g/mol. The minimum atomic E-state index is -0.300. The largest absolute Gasteiger partial charge is 0.462 e. The van der Waals surface area contributed by atoms with Crippen molar-refractivity contribution in [3.05, 3.63) is 16.0 Å². The number of hydrogen-bond acceptors (Lipinski definition) is 4. The number of piperidine rings is 1. The van der Waals surface area contributed by atoms with E-state index in [4.69, 9.17) is 4.74 Å². The van der Waals surface area contributed by atoms with E-state index in [2.05, 4.69) is 12.2 Å². The second-order valence-electron chi connectivity index (χ2n) is 6.81. The Kier molecular flexibility index (Phi) is 5.56. The maximum atomic E-state index is 12.5. The number of carbonyl (C=O) groups is 2. The van der Waals surface area contributed by atoms with Gasteiger partial charge in [-0.3, -0.25) is 4.79 Å². The van der Waals surface area contributed by atoms with Crippen LogP contribution in [-0.4, -0.2) is 37.6 Å². The van der Waals surface area contributed by atoms with Crippen LogP contribution in [0.15, 0.2) is 0 Å². The van der Waals surface area contributed by atoms with E-state index in [-0.39, 0.29) is 11.9 Å². The molecule has 1 amide bonds. The molecule has 2 heterocycles. The van der Waals surface area contributed by atoms with Crippen molar-refractivity contribution in [3.63, 3.8) is 0 Å². The second-order valence-corrected chi connectivity index (χ2v) is 7.92. The van der Waals surface area contributed by atoms with Crippen LogP contribution in [0.4, 0.5) is 5.00 Å². The smallest absolute Gasteiger partial charge is 0.341 e. The maximum Gasteiger partial charge on any atom is 0.341 e. The van der Waals surface area contributed by atoms with Crippen LogP contribution in [0.2, 0.25) is 0 Å². The first kappa shape index (κ1) is 17.4. The summed E-state index contributed by atoms with van der Waals surface area (Å²) >= 11 is 1.55. The van der Waals surface area contributed by atoms with Crippen LogP contribution in [-0.2, 0) is 22.4 Å². The molecule has 1 fully saturated rings. The first-order valence-electron chi connectivity index (χ1n) is 9.06. The molecular formula is C18H27N2O3S+. The quantitative estimate of drug-likeness (QED) is 0.796. The Balaban J connectivity index is 1.72. The van der Waals surface area contributed by atoms with Gasteiger partial charge in [0.2, 0.25) is 0 Å². The molecule has 2 aliphatic rings. The first-order chi connectivity index (χ1) is 11.6. The Morgan fingerprint density at radius 3 is 2.88 bits per heavy atom. The minimum absolute atomic E-state index is 0.00391. The summed E-state index contributed by atoms with van der Waals surface area (Å²) in [6, 6.07) is 0.530. The SMILES string of the molecule is CCOC(=O)c1c(NC(=O)C[NH+]2CCCC[C@@H]2C)sc2c1CCC2. The van der Waals surface area contributed by atoms with E-state index in [0.29, 0.717) is 29.8 Å². The third-order valence-corrected chi connectivity index (χ3v) is 6.33. The van der Waals surface area contributed by atoms with Gasteiger partial charge in [-0.05, 0) is 57.9 Å². The number of carbonyl (C=O) groups excluding carboxylic acids is 2. The van der Waals surface area contributed by atoms with Crippen LogP contribution >= 0.6 is 11.3 Å². The summed E-state index contributed by atoms with van der Waals surface area (Å²) in [4.78, 5) is 27.4. The molecule has 1 aromatic rings. The maximum absolute atomic E-state index is 12.5. The predicted molar refractivity (Wildman–Crippen MR) is 94.9 cm³/mol. The van der Waals surface area contributed by atoms with Gasteiger partial charge in [-0.15, -0.1) is 11.3 Å². The predicted octanol–water partition coefficient (Wildman–Crippen LogP) is 1.81. The molecule has 1 unspecified atom stereocenters. The van der Waals surface area contributed by atoms with Crippen LogP contribution < -0.4 is 10.2 Å². The van der Waals surface area contributed by atoms with Crippen LogP contribution in [0, 0.1) is 0 Å². The van der Waals surface area contributed by atoms with E-state index in [1.165, 1.54) is 29.0 Å². The molecule has 2 atom stereocenters. The van der Waals surface area contributed by atoms with Crippen molar-refractivity contribution in [1.82, 2.24) is 0 Å². The number of anilines is 1. The molecule has 6 heteroatoms. The monoisotopic (exact) mass is 351 g/mol. The zero-order valence-corrected chi connectivity index (χ0v) is 15.4. The Bertz CT molecular complexity index is 626. The van der Waals surface area contributed by atoms with Gasteiger partial charge in [-0.1, -0.05) is 0 Å². The number of quaternary nitrogens is 1. The zero-order chi connectivity index (χ0) is 17.1. The molecule has 2 N–H and O–H groups in total. The van der Waals surface area contributed by atoms with Crippen molar-refractivity contribution in [1.29, 1.82) is 0 Å². The fourth-order valence-corrected chi connectivity index (χ4v) is 5.10. The second kappa shape index (κ2) is 7.66. The Hall–Kier alpha value is -1.40. The van der Waals surface area contributed by atoms with Crippen LogP contribution in [0.1, 0.15) is 60.3 Å². The van der Waals surface area contributed by atoms with Crippen molar-refractivity contribution < 1.29 is 19.2 Å². The zero-order valence-electron chi connectivity index (χ0n) is 14.6. The Morgan fingerprint density at radius 2 is 2.12 bits per heavy atom. The van der Waals surface area contributed by atoms with Gasteiger partial charge in [0.05, 0.1) is 24.8 Å². The van der Waals surface area contributed by atoms with Gasteiger partial charge in [0, 0.05) is 4.88 Å². The summed E-state index contributed by atoms with van der Waals surface area (Å²) in [5, 5.41) is 3.69. The van der Waals surface area contributed by atoms with E-state index in [0.717, 1.165) is 31.4 Å². The van der Waals surface area contributed by atoms with Crippen molar-refractivity contribution in [2.24, 2.45) is 0 Å².